The lowest BCUT2D eigenvalue weighted by Gasteiger charge is -2.18. The van der Waals surface area contributed by atoms with Crippen LogP contribution in [0.5, 0.6) is 0 Å². The number of carbonyl (C=O) groups is 3. The minimum Gasteiger partial charge on any atom is -0.462 e. The number of hydrogen-bond acceptors (Lipinski definition) is 6. The number of carbonyl (C=O) groups excluding carboxylic acids is 3. The third kappa shape index (κ3) is 34.1. The zero-order chi connectivity index (χ0) is 34.8. The average molecular weight is 667 g/mol. The van der Waals surface area contributed by atoms with Gasteiger partial charge in [-0.05, 0) is 31.1 Å². The number of unbranched alkanes of at least 4 members (excludes halogenated alkanes) is 19. The Bertz CT molecular complexity index is 721. The van der Waals surface area contributed by atoms with E-state index < -0.39 is 6.10 Å². The van der Waals surface area contributed by atoms with Crippen LogP contribution in [0.25, 0.3) is 0 Å². The Kier molecular flexibility index (Phi) is 33.1. The summed E-state index contributed by atoms with van der Waals surface area (Å²) in [5.41, 5.74) is 0. The quantitative estimate of drug-likeness (QED) is 0.0380. The van der Waals surface area contributed by atoms with Gasteiger partial charge in [0.25, 0.3) is 0 Å². The molecule has 0 aromatic heterocycles. The molecule has 2 atom stereocenters. The molecule has 0 bridgehead atoms. The van der Waals surface area contributed by atoms with Crippen molar-refractivity contribution in [1.82, 2.24) is 0 Å². The molecule has 6 heteroatoms. The summed E-state index contributed by atoms with van der Waals surface area (Å²) in [6.07, 6.45) is 29.6. The molecule has 0 N–H and O–H groups in total. The highest BCUT2D eigenvalue weighted by molar-refractivity contribution is 5.71. The third-order valence-electron chi connectivity index (χ3n) is 9.33. The molecular weight excluding hydrogens is 588 g/mol. The highest BCUT2D eigenvalue weighted by Crippen LogP contribution is 2.16. The zero-order valence-electron chi connectivity index (χ0n) is 31.9. The molecule has 0 amide bonds. The summed E-state index contributed by atoms with van der Waals surface area (Å²) in [5.74, 6) is 0.719. The molecule has 0 aromatic rings. The first-order valence-corrected chi connectivity index (χ1v) is 20.3. The van der Waals surface area contributed by atoms with Gasteiger partial charge in [0, 0.05) is 19.3 Å². The topological polar surface area (TPSA) is 78.9 Å². The summed E-state index contributed by atoms with van der Waals surface area (Å²) in [6, 6.07) is 0. The van der Waals surface area contributed by atoms with Crippen LogP contribution in [0.3, 0.4) is 0 Å². The molecule has 1 unspecified atom stereocenters. The van der Waals surface area contributed by atoms with Gasteiger partial charge in [-0.3, -0.25) is 14.4 Å². The minimum absolute atomic E-state index is 0.0672. The Balaban J connectivity index is 4.38. The second kappa shape index (κ2) is 34.3. The average Bonchev–Trinajstić information content (AvgIpc) is 3.05. The monoisotopic (exact) mass is 667 g/mol. The molecule has 0 spiro atoms. The van der Waals surface area contributed by atoms with E-state index in [1.807, 2.05) is 0 Å². The van der Waals surface area contributed by atoms with Crippen molar-refractivity contribution in [3.63, 3.8) is 0 Å². The van der Waals surface area contributed by atoms with E-state index in [2.05, 4.69) is 34.6 Å². The predicted molar refractivity (Wildman–Crippen MR) is 196 cm³/mol. The van der Waals surface area contributed by atoms with Crippen LogP contribution in [0.1, 0.15) is 214 Å². The van der Waals surface area contributed by atoms with E-state index in [9.17, 15) is 14.4 Å². The Hall–Kier alpha value is -1.59. The molecule has 47 heavy (non-hydrogen) atoms. The van der Waals surface area contributed by atoms with E-state index in [4.69, 9.17) is 14.2 Å². The van der Waals surface area contributed by atoms with Crippen molar-refractivity contribution in [2.24, 2.45) is 11.8 Å². The SMILES string of the molecule is CCCCCCCCCCCC(=O)OC[C@H](COC(=O)CCCCCCCCCC(C)C)OC(=O)CCCCCCCCC(C)CC. The van der Waals surface area contributed by atoms with Gasteiger partial charge >= 0.3 is 17.9 Å². The third-order valence-corrected chi connectivity index (χ3v) is 9.33. The van der Waals surface area contributed by atoms with E-state index >= 15 is 0 Å². The first kappa shape index (κ1) is 45.4. The second-order valence-electron chi connectivity index (χ2n) is 14.6. The molecule has 0 rings (SSSR count). The molecule has 0 heterocycles. The first-order chi connectivity index (χ1) is 22.8. The van der Waals surface area contributed by atoms with E-state index in [-0.39, 0.29) is 31.1 Å². The van der Waals surface area contributed by atoms with E-state index in [0.29, 0.717) is 19.3 Å². The maximum Gasteiger partial charge on any atom is 0.306 e. The summed E-state index contributed by atoms with van der Waals surface area (Å²) < 4.78 is 16.6. The standard InChI is InChI=1S/C41H78O6/c1-6-8-9-10-11-12-15-21-26-31-39(42)45-34-38(47-41(44)33-28-23-18-17-20-25-30-37(5)7-2)35-46-40(43)32-27-22-16-13-14-19-24-29-36(3)4/h36-38H,6-35H2,1-5H3/t37?,38-/m1/s1. The van der Waals surface area contributed by atoms with Crippen LogP contribution in [0.15, 0.2) is 0 Å². The molecule has 0 aliphatic heterocycles. The summed E-state index contributed by atoms with van der Waals surface area (Å²) in [5, 5.41) is 0. The van der Waals surface area contributed by atoms with Gasteiger partial charge in [0.1, 0.15) is 13.2 Å². The van der Waals surface area contributed by atoms with Crippen LogP contribution in [-0.4, -0.2) is 37.2 Å². The molecular formula is C41H78O6. The zero-order valence-corrected chi connectivity index (χ0v) is 31.9. The molecule has 0 saturated heterocycles. The fourth-order valence-electron chi connectivity index (χ4n) is 5.84. The van der Waals surface area contributed by atoms with Crippen molar-refractivity contribution in [2.75, 3.05) is 13.2 Å². The van der Waals surface area contributed by atoms with Crippen molar-refractivity contribution >= 4 is 17.9 Å². The highest BCUT2D eigenvalue weighted by atomic mass is 16.6. The number of ether oxygens (including phenoxy) is 3. The molecule has 0 radical (unpaired) electrons. The van der Waals surface area contributed by atoms with Gasteiger partial charge in [-0.2, -0.15) is 0 Å². The normalized spacial score (nSPS) is 12.6. The van der Waals surface area contributed by atoms with Gasteiger partial charge in [0.2, 0.25) is 0 Å². The number of hydrogen-bond donors (Lipinski definition) is 0. The Labute approximate surface area is 291 Å². The Morgan fingerprint density at radius 1 is 0.447 bits per heavy atom. The van der Waals surface area contributed by atoms with Crippen LogP contribution in [-0.2, 0) is 28.6 Å². The fraction of sp³-hybridized carbons (Fsp3) is 0.927. The van der Waals surface area contributed by atoms with Gasteiger partial charge in [-0.25, -0.2) is 0 Å². The minimum atomic E-state index is -0.759. The molecule has 6 nitrogen and oxygen atoms in total. The van der Waals surface area contributed by atoms with Gasteiger partial charge in [-0.15, -0.1) is 0 Å². The molecule has 0 aliphatic rings. The maximum atomic E-state index is 12.6. The summed E-state index contributed by atoms with van der Waals surface area (Å²) in [6.45, 7) is 11.2. The van der Waals surface area contributed by atoms with Gasteiger partial charge in [-0.1, -0.05) is 176 Å². The van der Waals surface area contributed by atoms with Crippen molar-refractivity contribution in [2.45, 2.75) is 221 Å². The lowest BCUT2D eigenvalue weighted by Crippen LogP contribution is -2.30. The molecule has 0 aromatic carbocycles. The summed E-state index contributed by atoms with van der Waals surface area (Å²) in [4.78, 5) is 37.4. The van der Waals surface area contributed by atoms with Crippen molar-refractivity contribution < 1.29 is 28.6 Å². The number of esters is 3. The van der Waals surface area contributed by atoms with E-state index in [1.165, 1.54) is 103 Å². The highest BCUT2D eigenvalue weighted by Gasteiger charge is 2.19. The Morgan fingerprint density at radius 3 is 1.21 bits per heavy atom. The lowest BCUT2D eigenvalue weighted by atomic mass is 10.00. The maximum absolute atomic E-state index is 12.6. The van der Waals surface area contributed by atoms with Crippen LogP contribution in [0.4, 0.5) is 0 Å². The molecule has 0 saturated carbocycles. The summed E-state index contributed by atoms with van der Waals surface area (Å²) in [7, 11) is 0. The van der Waals surface area contributed by atoms with Crippen molar-refractivity contribution in [3.8, 4) is 0 Å². The van der Waals surface area contributed by atoms with Crippen LogP contribution in [0.2, 0.25) is 0 Å². The van der Waals surface area contributed by atoms with Crippen LogP contribution >= 0.6 is 0 Å². The smallest absolute Gasteiger partial charge is 0.306 e. The van der Waals surface area contributed by atoms with Gasteiger partial charge in [0.15, 0.2) is 6.10 Å². The lowest BCUT2D eigenvalue weighted by molar-refractivity contribution is -0.167. The fourth-order valence-corrected chi connectivity index (χ4v) is 5.84. The van der Waals surface area contributed by atoms with Crippen molar-refractivity contribution in [1.29, 1.82) is 0 Å². The summed E-state index contributed by atoms with van der Waals surface area (Å²) >= 11 is 0. The molecule has 0 fully saturated rings. The van der Waals surface area contributed by atoms with E-state index in [1.54, 1.807) is 0 Å². The number of rotatable bonds is 35. The van der Waals surface area contributed by atoms with Gasteiger partial charge in [0.05, 0.1) is 0 Å². The molecule has 0 aliphatic carbocycles. The van der Waals surface area contributed by atoms with Gasteiger partial charge < -0.3 is 14.2 Å². The largest absolute Gasteiger partial charge is 0.462 e. The van der Waals surface area contributed by atoms with E-state index in [0.717, 1.165) is 69.6 Å². The second-order valence-corrected chi connectivity index (χ2v) is 14.6. The van der Waals surface area contributed by atoms with Crippen LogP contribution < -0.4 is 0 Å². The first-order valence-electron chi connectivity index (χ1n) is 20.3. The predicted octanol–water partition coefficient (Wildman–Crippen LogP) is 12.2. The molecule has 278 valence electrons. The van der Waals surface area contributed by atoms with Crippen molar-refractivity contribution in [3.05, 3.63) is 0 Å². The van der Waals surface area contributed by atoms with Crippen LogP contribution in [0, 0.1) is 11.8 Å². The Morgan fingerprint density at radius 2 is 0.809 bits per heavy atom.